The van der Waals surface area contributed by atoms with Crippen LogP contribution in [0.5, 0.6) is 0 Å². The van der Waals surface area contributed by atoms with Gasteiger partial charge in [0.25, 0.3) is 0 Å². The molecule has 0 spiro atoms. The van der Waals surface area contributed by atoms with Crippen LogP contribution in [0.1, 0.15) is 33.1 Å². The largest absolute Gasteiger partial charge is 0.0988 e. The Hall–Kier alpha value is -0.520. The second-order valence-corrected chi connectivity index (χ2v) is 2.13. The summed E-state index contributed by atoms with van der Waals surface area (Å²) in [4.78, 5) is 0. The topological polar surface area (TPSA) is 0 Å². The maximum absolute atomic E-state index is 3.72. The number of unbranched alkanes of at least 4 members (excludes halogenated alkanes) is 1. The lowest BCUT2D eigenvalue weighted by molar-refractivity contribution is 0.942. The van der Waals surface area contributed by atoms with Gasteiger partial charge in [-0.2, -0.15) is 0 Å². The van der Waals surface area contributed by atoms with Crippen molar-refractivity contribution < 1.29 is 0 Å². The molecular weight excluding hydrogens is 108 g/mol. The fourth-order valence-electron chi connectivity index (χ4n) is 0.702. The van der Waals surface area contributed by atoms with E-state index in [-0.39, 0.29) is 0 Å². The van der Waals surface area contributed by atoms with E-state index in [2.05, 4.69) is 26.5 Å². The molecule has 0 rings (SSSR count). The van der Waals surface area contributed by atoms with E-state index in [1.807, 2.05) is 6.08 Å². The third-order valence-corrected chi connectivity index (χ3v) is 1.37. The Labute approximate surface area is 58.3 Å². The predicted octanol–water partition coefficient (Wildman–Crippen LogP) is 3.31. The van der Waals surface area contributed by atoms with Crippen molar-refractivity contribution in [1.29, 1.82) is 0 Å². The molecule has 0 aromatic rings. The Morgan fingerprint density at radius 1 is 1.44 bits per heavy atom. The van der Waals surface area contributed by atoms with Crippen LogP contribution in [0.2, 0.25) is 0 Å². The third-order valence-electron chi connectivity index (χ3n) is 1.37. The summed E-state index contributed by atoms with van der Waals surface area (Å²) in [6.07, 6.45) is 7.73. The van der Waals surface area contributed by atoms with Crippen molar-refractivity contribution in [3.63, 3.8) is 0 Å². The number of allylic oxidation sites excluding steroid dienone is 3. The lowest BCUT2D eigenvalue weighted by Gasteiger charge is -1.93. The van der Waals surface area contributed by atoms with E-state index in [0.717, 1.165) is 6.42 Å². The van der Waals surface area contributed by atoms with Crippen molar-refractivity contribution in [3.8, 4) is 0 Å². The van der Waals surface area contributed by atoms with E-state index in [1.54, 1.807) is 0 Å². The second-order valence-electron chi connectivity index (χ2n) is 2.13. The normalized spacial score (nSPS) is 11.6. The first-order valence-corrected chi connectivity index (χ1v) is 3.66. The summed E-state index contributed by atoms with van der Waals surface area (Å²) in [5, 5.41) is 0. The molecule has 0 aromatic heterocycles. The zero-order valence-electron chi connectivity index (χ0n) is 6.48. The van der Waals surface area contributed by atoms with Gasteiger partial charge in [0.2, 0.25) is 0 Å². The maximum atomic E-state index is 3.72. The van der Waals surface area contributed by atoms with Crippen LogP contribution in [0, 0.1) is 0 Å². The van der Waals surface area contributed by atoms with Crippen molar-refractivity contribution in [2.75, 3.05) is 0 Å². The molecule has 0 heteroatoms. The zero-order chi connectivity index (χ0) is 7.11. The molecule has 0 atom stereocenters. The molecule has 0 nitrogen and oxygen atoms in total. The van der Waals surface area contributed by atoms with Crippen LogP contribution in [-0.4, -0.2) is 0 Å². The highest BCUT2D eigenvalue weighted by Crippen LogP contribution is 2.03. The van der Waals surface area contributed by atoms with Crippen LogP contribution in [0.25, 0.3) is 0 Å². The molecule has 0 fully saturated rings. The number of hydrogen-bond donors (Lipinski definition) is 0. The van der Waals surface area contributed by atoms with Gasteiger partial charge in [-0.3, -0.25) is 0 Å². The molecule has 0 radical (unpaired) electrons. The third kappa shape index (κ3) is 4.01. The molecule has 0 aliphatic heterocycles. The van der Waals surface area contributed by atoms with Crippen LogP contribution >= 0.6 is 0 Å². The van der Waals surface area contributed by atoms with E-state index < -0.39 is 0 Å². The van der Waals surface area contributed by atoms with Gasteiger partial charge in [-0.25, -0.2) is 0 Å². The van der Waals surface area contributed by atoms with Gasteiger partial charge in [-0.1, -0.05) is 44.6 Å². The van der Waals surface area contributed by atoms with E-state index in [9.17, 15) is 0 Å². The SMILES string of the molecule is C=C/C(=C/CCC)CC. The van der Waals surface area contributed by atoms with E-state index in [0.29, 0.717) is 0 Å². The average molecular weight is 124 g/mol. The summed E-state index contributed by atoms with van der Waals surface area (Å²) in [5.41, 5.74) is 1.37. The molecule has 0 N–H and O–H groups in total. The van der Waals surface area contributed by atoms with Gasteiger partial charge in [0, 0.05) is 0 Å². The monoisotopic (exact) mass is 124 g/mol. The Balaban J connectivity index is 3.61. The van der Waals surface area contributed by atoms with Crippen LogP contribution < -0.4 is 0 Å². The minimum absolute atomic E-state index is 1.11. The van der Waals surface area contributed by atoms with Crippen LogP contribution in [0.3, 0.4) is 0 Å². The van der Waals surface area contributed by atoms with Crippen molar-refractivity contribution in [3.05, 3.63) is 24.3 Å². The van der Waals surface area contributed by atoms with Gasteiger partial charge in [0.15, 0.2) is 0 Å². The van der Waals surface area contributed by atoms with E-state index in [1.165, 1.54) is 18.4 Å². The summed E-state index contributed by atoms with van der Waals surface area (Å²) in [6, 6.07) is 0. The maximum Gasteiger partial charge on any atom is -0.0311 e. The second kappa shape index (κ2) is 5.61. The summed E-state index contributed by atoms with van der Waals surface area (Å²) in [7, 11) is 0. The van der Waals surface area contributed by atoms with Gasteiger partial charge in [-0.15, -0.1) is 0 Å². The molecule has 0 saturated carbocycles. The molecule has 52 valence electrons. The van der Waals surface area contributed by atoms with E-state index in [4.69, 9.17) is 0 Å². The van der Waals surface area contributed by atoms with Gasteiger partial charge in [-0.05, 0) is 12.8 Å². The first-order valence-electron chi connectivity index (χ1n) is 3.66. The van der Waals surface area contributed by atoms with E-state index >= 15 is 0 Å². The molecular formula is C9H16. The van der Waals surface area contributed by atoms with Crippen LogP contribution in [0.15, 0.2) is 24.3 Å². The molecule has 0 aromatic carbocycles. The van der Waals surface area contributed by atoms with Crippen LogP contribution in [-0.2, 0) is 0 Å². The molecule has 0 bridgehead atoms. The quantitative estimate of drug-likeness (QED) is 0.504. The molecule has 0 aliphatic rings. The Bertz CT molecular complexity index is 98.6. The number of hydrogen-bond acceptors (Lipinski definition) is 0. The van der Waals surface area contributed by atoms with Crippen molar-refractivity contribution >= 4 is 0 Å². The lowest BCUT2D eigenvalue weighted by atomic mass is 10.1. The molecule has 0 heterocycles. The van der Waals surface area contributed by atoms with Crippen molar-refractivity contribution in [2.24, 2.45) is 0 Å². The number of rotatable bonds is 4. The van der Waals surface area contributed by atoms with Gasteiger partial charge < -0.3 is 0 Å². The Morgan fingerprint density at radius 3 is 2.44 bits per heavy atom. The first kappa shape index (κ1) is 8.48. The smallest absolute Gasteiger partial charge is 0.0311 e. The van der Waals surface area contributed by atoms with Gasteiger partial charge in [0.1, 0.15) is 0 Å². The molecule has 0 saturated heterocycles. The fraction of sp³-hybridized carbons (Fsp3) is 0.556. The summed E-state index contributed by atoms with van der Waals surface area (Å²) in [6.45, 7) is 8.06. The highest BCUT2D eigenvalue weighted by Gasteiger charge is 1.82. The lowest BCUT2D eigenvalue weighted by Crippen LogP contribution is -1.72. The van der Waals surface area contributed by atoms with Crippen molar-refractivity contribution in [1.82, 2.24) is 0 Å². The Kier molecular flexibility index (Phi) is 5.29. The van der Waals surface area contributed by atoms with Crippen LogP contribution in [0.4, 0.5) is 0 Å². The zero-order valence-corrected chi connectivity index (χ0v) is 6.48. The fourth-order valence-corrected chi connectivity index (χ4v) is 0.702. The minimum Gasteiger partial charge on any atom is -0.0988 e. The summed E-state index contributed by atoms with van der Waals surface area (Å²) in [5.74, 6) is 0. The molecule has 0 aliphatic carbocycles. The summed E-state index contributed by atoms with van der Waals surface area (Å²) < 4.78 is 0. The van der Waals surface area contributed by atoms with Crippen molar-refractivity contribution in [2.45, 2.75) is 33.1 Å². The van der Waals surface area contributed by atoms with Gasteiger partial charge in [0.05, 0.1) is 0 Å². The first-order chi connectivity index (χ1) is 4.35. The molecule has 0 amide bonds. The van der Waals surface area contributed by atoms with Gasteiger partial charge >= 0.3 is 0 Å². The molecule has 0 unspecified atom stereocenters. The standard InChI is InChI=1S/C9H16/c1-4-7-8-9(5-2)6-3/h5,8H,2,4,6-7H2,1,3H3/b9-8-. The summed E-state index contributed by atoms with van der Waals surface area (Å²) >= 11 is 0. The highest BCUT2D eigenvalue weighted by molar-refractivity contribution is 5.14. The highest BCUT2D eigenvalue weighted by atomic mass is 13.9. The predicted molar refractivity (Wildman–Crippen MR) is 43.5 cm³/mol. The average Bonchev–Trinajstić information content (AvgIpc) is 1.91. The molecule has 9 heavy (non-hydrogen) atoms. The minimum atomic E-state index is 1.11. The Morgan fingerprint density at radius 2 is 2.11 bits per heavy atom.